The van der Waals surface area contributed by atoms with Crippen molar-refractivity contribution < 1.29 is 9.53 Å². The molecule has 104 valence electrons. The Morgan fingerprint density at radius 1 is 1.37 bits per heavy atom. The van der Waals surface area contributed by atoms with Crippen molar-refractivity contribution in [2.45, 2.75) is 39.0 Å². The average Bonchev–Trinajstić information content (AvgIpc) is 2.46. The van der Waals surface area contributed by atoms with E-state index in [0.29, 0.717) is 0 Å². The molecule has 0 fully saturated rings. The van der Waals surface area contributed by atoms with E-state index in [1.54, 1.807) is 6.33 Å². The molecule has 0 amide bonds. The number of carbonyl (C=O) groups excluding carboxylic acids is 1. The van der Waals surface area contributed by atoms with Crippen molar-refractivity contribution in [1.29, 1.82) is 0 Å². The lowest BCUT2D eigenvalue weighted by molar-refractivity contribution is -0.138. The van der Waals surface area contributed by atoms with Gasteiger partial charge in [-0.25, -0.2) is 9.97 Å². The molecule has 1 aliphatic rings. The van der Waals surface area contributed by atoms with Gasteiger partial charge in [0.25, 0.3) is 0 Å². The van der Waals surface area contributed by atoms with Gasteiger partial charge < -0.3 is 9.64 Å². The second-order valence-electron chi connectivity index (χ2n) is 4.83. The maximum Gasteiger partial charge on any atom is 0.325 e. The van der Waals surface area contributed by atoms with Crippen molar-refractivity contribution in [3.63, 3.8) is 0 Å². The van der Waals surface area contributed by atoms with Gasteiger partial charge in [-0.15, -0.1) is 0 Å². The Kier molecular flexibility index (Phi) is 4.71. The number of hydrogen-bond donors (Lipinski definition) is 0. The number of fused-ring (bicyclic) bond motifs is 1. The zero-order chi connectivity index (χ0) is 13.7. The number of aryl methyl sites for hydroxylation is 1. The normalized spacial score (nSPS) is 13.8. The molecule has 1 aromatic rings. The van der Waals surface area contributed by atoms with Crippen LogP contribution in [0.5, 0.6) is 0 Å². The molecule has 0 saturated carbocycles. The van der Waals surface area contributed by atoms with E-state index >= 15 is 0 Å². The van der Waals surface area contributed by atoms with Crippen molar-refractivity contribution in [1.82, 2.24) is 9.97 Å². The minimum Gasteiger partial charge on any atom is -0.468 e. The Hall–Kier alpha value is -1.65. The smallest absolute Gasteiger partial charge is 0.325 e. The number of esters is 1. The van der Waals surface area contributed by atoms with Gasteiger partial charge in [0, 0.05) is 17.8 Å². The number of carbonyl (C=O) groups is 1. The molecule has 5 heteroatoms. The van der Waals surface area contributed by atoms with E-state index in [0.717, 1.165) is 37.3 Å². The van der Waals surface area contributed by atoms with E-state index in [1.165, 1.54) is 25.5 Å². The number of rotatable bonds is 5. The van der Waals surface area contributed by atoms with Crippen molar-refractivity contribution >= 4 is 11.8 Å². The van der Waals surface area contributed by atoms with Crippen LogP contribution in [0.4, 0.5) is 5.82 Å². The number of aromatic nitrogens is 2. The summed E-state index contributed by atoms with van der Waals surface area (Å²) in [4.78, 5) is 22.3. The summed E-state index contributed by atoms with van der Waals surface area (Å²) in [7, 11) is 1.42. The fourth-order valence-corrected chi connectivity index (χ4v) is 2.53. The molecule has 0 aromatic carbocycles. The first kappa shape index (κ1) is 13.8. The quantitative estimate of drug-likeness (QED) is 0.757. The van der Waals surface area contributed by atoms with Gasteiger partial charge in [-0.05, 0) is 32.1 Å². The first-order valence-corrected chi connectivity index (χ1v) is 6.90. The molecule has 0 spiro atoms. The monoisotopic (exact) mass is 263 g/mol. The largest absolute Gasteiger partial charge is 0.468 e. The Bertz CT molecular complexity index is 448. The molecule has 19 heavy (non-hydrogen) atoms. The van der Waals surface area contributed by atoms with Crippen molar-refractivity contribution in [3.8, 4) is 0 Å². The maximum atomic E-state index is 11.5. The van der Waals surface area contributed by atoms with Gasteiger partial charge in [0.2, 0.25) is 0 Å². The van der Waals surface area contributed by atoms with Gasteiger partial charge in [-0.2, -0.15) is 0 Å². The highest BCUT2D eigenvalue weighted by Gasteiger charge is 2.21. The minimum atomic E-state index is -0.225. The highest BCUT2D eigenvalue weighted by molar-refractivity contribution is 5.75. The molecule has 0 saturated heterocycles. The summed E-state index contributed by atoms with van der Waals surface area (Å²) in [5.74, 6) is 0.688. The molecule has 0 bridgehead atoms. The van der Waals surface area contributed by atoms with E-state index in [1.807, 2.05) is 4.90 Å². The zero-order valence-corrected chi connectivity index (χ0v) is 11.7. The van der Waals surface area contributed by atoms with Crippen LogP contribution in [0, 0.1) is 0 Å². The maximum absolute atomic E-state index is 11.5. The highest BCUT2D eigenvalue weighted by atomic mass is 16.5. The Balaban J connectivity index is 2.27. The predicted molar refractivity (Wildman–Crippen MR) is 73.2 cm³/mol. The first-order valence-electron chi connectivity index (χ1n) is 6.90. The molecular weight excluding hydrogens is 242 g/mol. The SMILES string of the molecule is CCCN(CC(=O)OC)c1ncnc2c1CCCC2. The van der Waals surface area contributed by atoms with E-state index in [-0.39, 0.29) is 12.5 Å². The van der Waals surface area contributed by atoms with Crippen LogP contribution in [0.1, 0.15) is 37.4 Å². The van der Waals surface area contributed by atoms with Crippen LogP contribution in [0.25, 0.3) is 0 Å². The molecule has 1 aliphatic carbocycles. The van der Waals surface area contributed by atoms with Crippen LogP contribution in [-0.2, 0) is 22.4 Å². The third kappa shape index (κ3) is 3.22. The van der Waals surface area contributed by atoms with Gasteiger partial charge >= 0.3 is 5.97 Å². The lowest BCUT2D eigenvalue weighted by atomic mass is 9.96. The van der Waals surface area contributed by atoms with E-state index in [9.17, 15) is 4.79 Å². The third-order valence-electron chi connectivity index (χ3n) is 3.44. The summed E-state index contributed by atoms with van der Waals surface area (Å²) in [6, 6.07) is 0. The Morgan fingerprint density at radius 2 is 2.16 bits per heavy atom. The molecule has 2 rings (SSSR count). The molecule has 1 aromatic heterocycles. The summed E-state index contributed by atoms with van der Waals surface area (Å²) < 4.78 is 4.77. The van der Waals surface area contributed by atoms with Crippen LogP contribution in [0.2, 0.25) is 0 Å². The van der Waals surface area contributed by atoms with Crippen LogP contribution >= 0.6 is 0 Å². The summed E-state index contributed by atoms with van der Waals surface area (Å²) in [6.07, 6.45) is 6.96. The van der Waals surface area contributed by atoms with Crippen LogP contribution < -0.4 is 4.90 Å². The lowest BCUT2D eigenvalue weighted by Gasteiger charge is -2.26. The number of nitrogens with zero attached hydrogens (tertiary/aromatic N) is 3. The summed E-state index contributed by atoms with van der Waals surface area (Å²) in [6.45, 7) is 3.16. The van der Waals surface area contributed by atoms with Gasteiger partial charge in [-0.3, -0.25) is 4.79 Å². The molecule has 5 nitrogen and oxygen atoms in total. The van der Waals surface area contributed by atoms with E-state index in [4.69, 9.17) is 4.74 Å². The molecule has 0 aliphatic heterocycles. The second kappa shape index (κ2) is 6.50. The van der Waals surface area contributed by atoms with Crippen LogP contribution in [0.15, 0.2) is 6.33 Å². The number of methoxy groups -OCH3 is 1. The van der Waals surface area contributed by atoms with Crippen LogP contribution in [-0.4, -0.2) is 36.1 Å². The number of anilines is 1. The first-order chi connectivity index (χ1) is 9.26. The summed E-state index contributed by atoms with van der Waals surface area (Å²) >= 11 is 0. The molecule has 0 N–H and O–H groups in total. The highest BCUT2D eigenvalue weighted by Crippen LogP contribution is 2.27. The summed E-state index contributed by atoms with van der Waals surface area (Å²) in [5.41, 5.74) is 2.35. The van der Waals surface area contributed by atoms with Gasteiger partial charge in [0.05, 0.1) is 7.11 Å². The fraction of sp³-hybridized carbons (Fsp3) is 0.643. The second-order valence-corrected chi connectivity index (χ2v) is 4.83. The standard InChI is InChI=1S/C14H21N3O2/c1-3-8-17(9-13(18)19-2)14-11-6-4-5-7-12(11)15-10-16-14/h10H,3-9H2,1-2H3. The fourth-order valence-electron chi connectivity index (χ4n) is 2.53. The Morgan fingerprint density at radius 3 is 2.89 bits per heavy atom. The van der Waals surface area contributed by atoms with Gasteiger partial charge in [-0.1, -0.05) is 6.92 Å². The Labute approximate surface area is 114 Å². The molecule has 0 atom stereocenters. The number of ether oxygens (including phenoxy) is 1. The predicted octanol–water partition coefficient (Wildman–Crippen LogP) is 1.74. The van der Waals surface area contributed by atoms with E-state index < -0.39 is 0 Å². The van der Waals surface area contributed by atoms with Crippen molar-refractivity contribution in [3.05, 3.63) is 17.6 Å². The minimum absolute atomic E-state index is 0.225. The zero-order valence-electron chi connectivity index (χ0n) is 11.7. The average molecular weight is 263 g/mol. The lowest BCUT2D eigenvalue weighted by Crippen LogP contribution is -2.33. The van der Waals surface area contributed by atoms with Gasteiger partial charge in [0.1, 0.15) is 18.7 Å². The number of hydrogen-bond acceptors (Lipinski definition) is 5. The molecule has 0 radical (unpaired) electrons. The molecule has 1 heterocycles. The molecule has 0 unspecified atom stereocenters. The van der Waals surface area contributed by atoms with Gasteiger partial charge in [0.15, 0.2) is 0 Å². The third-order valence-corrected chi connectivity index (χ3v) is 3.44. The van der Waals surface area contributed by atoms with Crippen molar-refractivity contribution in [2.75, 3.05) is 25.1 Å². The topological polar surface area (TPSA) is 55.3 Å². The molecular formula is C14H21N3O2. The van der Waals surface area contributed by atoms with Crippen molar-refractivity contribution in [2.24, 2.45) is 0 Å². The van der Waals surface area contributed by atoms with Crippen LogP contribution in [0.3, 0.4) is 0 Å². The van der Waals surface area contributed by atoms with E-state index in [2.05, 4.69) is 16.9 Å². The summed E-state index contributed by atoms with van der Waals surface area (Å²) in [5, 5.41) is 0.